The zero-order valence-corrected chi connectivity index (χ0v) is 24.7. The summed E-state index contributed by atoms with van der Waals surface area (Å²) in [4.78, 5) is 26.4. The zero-order chi connectivity index (χ0) is 29.2. The van der Waals surface area contributed by atoms with Crippen LogP contribution in [0.4, 0.5) is 30.5 Å². The lowest BCUT2D eigenvalue weighted by Gasteiger charge is -2.35. The summed E-state index contributed by atoms with van der Waals surface area (Å²) in [7, 11) is -1.49. The average molecular weight is 617 g/mol. The molecule has 42 heavy (non-hydrogen) atoms. The lowest BCUT2D eigenvalue weighted by molar-refractivity contribution is -0.137. The molecule has 3 aliphatic heterocycles. The Morgan fingerprint density at radius 2 is 1.90 bits per heavy atom. The van der Waals surface area contributed by atoms with E-state index in [1.165, 1.54) is 18.9 Å². The summed E-state index contributed by atoms with van der Waals surface area (Å²) in [5, 5.41) is 6.78. The molecule has 2 bridgehead atoms. The highest BCUT2D eigenvalue weighted by atomic mass is 32.2. The van der Waals surface area contributed by atoms with Gasteiger partial charge in [-0.2, -0.15) is 13.2 Å². The summed E-state index contributed by atoms with van der Waals surface area (Å²) < 4.78 is 55.4. The van der Waals surface area contributed by atoms with Crippen LogP contribution in [-0.4, -0.2) is 68.5 Å². The number of anilines is 3. The van der Waals surface area contributed by atoms with E-state index >= 15 is 0 Å². The first-order valence-electron chi connectivity index (χ1n) is 14.4. The van der Waals surface area contributed by atoms with Crippen LogP contribution in [-0.2, 0) is 23.4 Å². The van der Waals surface area contributed by atoms with Gasteiger partial charge < -0.3 is 20.4 Å². The molecule has 222 valence electrons. The van der Waals surface area contributed by atoms with Gasteiger partial charge in [0.15, 0.2) is 0 Å². The quantitative estimate of drug-likeness (QED) is 0.394. The van der Waals surface area contributed by atoms with E-state index in [4.69, 9.17) is 0 Å². The molecule has 0 radical (unpaired) electrons. The van der Waals surface area contributed by atoms with Gasteiger partial charge in [-0.3, -0.25) is 9.00 Å². The number of amides is 1. The Morgan fingerprint density at radius 1 is 1.14 bits per heavy atom. The van der Waals surface area contributed by atoms with Gasteiger partial charge >= 0.3 is 6.18 Å². The van der Waals surface area contributed by atoms with Gasteiger partial charge in [0.25, 0.3) is 5.91 Å². The SMILES string of the molecule is CCc1cc(N2CC3CCC(C2)N3)ccc1Nc1ncc(C(F)(F)F)c(-c2cc3c(s2)C(=O)N(C2CC2)CCS3=O)n1. The van der Waals surface area contributed by atoms with Crippen molar-refractivity contribution < 1.29 is 22.2 Å². The van der Waals surface area contributed by atoms with Gasteiger partial charge in [0.05, 0.1) is 26.3 Å². The van der Waals surface area contributed by atoms with Crippen LogP contribution in [0, 0.1) is 0 Å². The molecule has 7 rings (SSSR count). The number of alkyl halides is 3. The minimum atomic E-state index is -4.71. The number of thiophene rings is 1. The van der Waals surface area contributed by atoms with E-state index in [2.05, 4.69) is 31.6 Å². The minimum absolute atomic E-state index is 0.0244. The van der Waals surface area contributed by atoms with Crippen molar-refractivity contribution in [2.24, 2.45) is 0 Å². The molecule has 1 saturated carbocycles. The summed E-state index contributed by atoms with van der Waals surface area (Å²) in [6.45, 7) is 4.32. The van der Waals surface area contributed by atoms with Crippen LogP contribution < -0.4 is 15.5 Å². The third-order valence-corrected chi connectivity index (χ3v) is 11.2. The van der Waals surface area contributed by atoms with Crippen LogP contribution in [0.1, 0.15) is 53.4 Å². The second-order valence-electron chi connectivity index (χ2n) is 11.4. The van der Waals surface area contributed by atoms with Crippen LogP contribution in [0.5, 0.6) is 0 Å². The molecule has 1 aliphatic carbocycles. The molecule has 3 aromatic rings. The molecule has 13 heteroatoms. The first kappa shape index (κ1) is 27.8. The maximum absolute atomic E-state index is 14.1. The van der Waals surface area contributed by atoms with Gasteiger partial charge in [0.1, 0.15) is 10.4 Å². The molecule has 2 saturated heterocycles. The van der Waals surface area contributed by atoms with Gasteiger partial charge in [-0.15, -0.1) is 11.3 Å². The molecule has 2 aromatic heterocycles. The Kier molecular flexibility index (Phi) is 7.01. The number of nitrogens with zero attached hydrogens (tertiary/aromatic N) is 4. The van der Waals surface area contributed by atoms with Crippen molar-refractivity contribution in [2.45, 2.75) is 68.2 Å². The third-order valence-electron chi connectivity index (χ3n) is 8.53. The fraction of sp³-hybridized carbons (Fsp3) is 0.483. The highest BCUT2D eigenvalue weighted by Gasteiger charge is 2.40. The second kappa shape index (κ2) is 10.6. The topological polar surface area (TPSA) is 90.5 Å². The van der Waals surface area contributed by atoms with Gasteiger partial charge in [-0.05, 0) is 61.9 Å². The highest BCUT2D eigenvalue weighted by Crippen LogP contribution is 2.43. The van der Waals surface area contributed by atoms with Crippen molar-refractivity contribution >= 4 is 45.4 Å². The summed E-state index contributed by atoms with van der Waals surface area (Å²) in [5.41, 5.74) is 1.53. The smallest absolute Gasteiger partial charge is 0.368 e. The molecule has 1 aromatic carbocycles. The number of carbonyl (C=O) groups excluding carboxylic acids is 1. The molecule has 0 spiro atoms. The molecular formula is C29H31F3N6O2S2. The van der Waals surface area contributed by atoms with E-state index < -0.39 is 22.5 Å². The van der Waals surface area contributed by atoms with Crippen molar-refractivity contribution in [1.82, 2.24) is 20.2 Å². The fourth-order valence-electron chi connectivity index (χ4n) is 6.22. The second-order valence-corrected chi connectivity index (χ2v) is 14.0. The Bertz CT molecular complexity index is 1560. The molecule has 2 N–H and O–H groups in total. The maximum atomic E-state index is 14.1. The molecule has 3 fully saturated rings. The van der Waals surface area contributed by atoms with E-state index in [1.807, 2.05) is 19.1 Å². The molecule has 5 heterocycles. The van der Waals surface area contributed by atoms with E-state index in [-0.39, 0.29) is 44.0 Å². The van der Waals surface area contributed by atoms with Gasteiger partial charge in [-0.1, -0.05) is 6.92 Å². The van der Waals surface area contributed by atoms with E-state index in [9.17, 15) is 22.2 Å². The Balaban J connectivity index is 1.21. The highest BCUT2D eigenvalue weighted by molar-refractivity contribution is 7.85. The standard InChI is InChI=1S/C29H31F3N6O2S2/c1-2-16-11-20(37-14-17-3-4-18(15-37)34-17)7-8-22(16)35-28-33-13-21(29(30,31)32)25(36-28)23-12-24-26(41-23)27(39)38(19-5-6-19)9-10-42(24)40/h7-8,11-13,17-19,34H,2-6,9-10,14-15H2,1H3,(H,33,35,36). The lowest BCUT2D eigenvalue weighted by atomic mass is 10.1. The largest absolute Gasteiger partial charge is 0.420 e. The van der Waals surface area contributed by atoms with Crippen molar-refractivity contribution in [3.63, 3.8) is 0 Å². The normalized spacial score (nSPS) is 24.1. The summed E-state index contributed by atoms with van der Waals surface area (Å²) >= 11 is 0.926. The van der Waals surface area contributed by atoms with Crippen molar-refractivity contribution in [3.05, 3.63) is 46.5 Å². The predicted octanol–water partition coefficient (Wildman–Crippen LogP) is 5.20. The van der Waals surface area contributed by atoms with E-state index in [0.29, 0.717) is 25.0 Å². The Labute approximate surface area is 248 Å². The van der Waals surface area contributed by atoms with Crippen molar-refractivity contribution in [1.29, 1.82) is 0 Å². The molecule has 3 atom stereocenters. The Hall–Kier alpha value is -3.03. The number of rotatable bonds is 6. The average Bonchev–Trinajstić information content (AvgIpc) is 3.64. The summed E-state index contributed by atoms with van der Waals surface area (Å²) in [5.74, 6) is 0.0242. The molecular weight excluding hydrogens is 585 g/mol. The van der Waals surface area contributed by atoms with Crippen LogP contribution in [0.2, 0.25) is 0 Å². The monoisotopic (exact) mass is 616 g/mol. The predicted molar refractivity (Wildman–Crippen MR) is 157 cm³/mol. The summed E-state index contributed by atoms with van der Waals surface area (Å²) in [6, 6.07) is 8.65. The molecule has 4 aliphatic rings. The van der Waals surface area contributed by atoms with Crippen molar-refractivity contribution in [2.75, 3.05) is 35.6 Å². The number of piperazine rings is 1. The van der Waals surface area contributed by atoms with E-state index in [0.717, 1.165) is 60.4 Å². The van der Waals surface area contributed by atoms with Gasteiger partial charge in [0.2, 0.25) is 5.95 Å². The number of fused-ring (bicyclic) bond motifs is 3. The first-order chi connectivity index (χ1) is 20.2. The summed E-state index contributed by atoms with van der Waals surface area (Å²) in [6.07, 6.45) is 0.935. The number of carbonyl (C=O) groups is 1. The Morgan fingerprint density at radius 3 is 2.60 bits per heavy atom. The molecule has 3 unspecified atom stereocenters. The molecule has 8 nitrogen and oxygen atoms in total. The number of halogens is 3. The van der Waals surface area contributed by atoms with Crippen LogP contribution >= 0.6 is 11.3 Å². The maximum Gasteiger partial charge on any atom is 0.420 e. The zero-order valence-electron chi connectivity index (χ0n) is 23.0. The van der Waals surface area contributed by atoms with Gasteiger partial charge in [-0.25, -0.2) is 9.97 Å². The van der Waals surface area contributed by atoms with Crippen LogP contribution in [0.15, 0.2) is 35.4 Å². The lowest BCUT2D eigenvalue weighted by Crippen LogP contribution is -2.51. The molecule has 1 amide bonds. The number of aromatic nitrogens is 2. The number of hydrogen-bond acceptors (Lipinski definition) is 8. The van der Waals surface area contributed by atoms with Crippen LogP contribution in [0.25, 0.3) is 10.6 Å². The first-order valence-corrected chi connectivity index (χ1v) is 16.5. The number of nitrogens with one attached hydrogen (secondary N) is 2. The number of hydrogen-bond donors (Lipinski definition) is 2. The minimum Gasteiger partial charge on any atom is -0.368 e. The van der Waals surface area contributed by atoms with E-state index in [1.54, 1.807) is 4.90 Å². The third kappa shape index (κ3) is 5.19. The van der Waals surface area contributed by atoms with Crippen molar-refractivity contribution in [3.8, 4) is 10.6 Å². The number of benzene rings is 1. The number of aryl methyl sites for hydroxylation is 1. The van der Waals surface area contributed by atoms with Gasteiger partial charge in [0, 0.05) is 61.1 Å². The fourth-order valence-corrected chi connectivity index (χ4v) is 8.84. The van der Waals surface area contributed by atoms with Crippen LogP contribution in [0.3, 0.4) is 0 Å².